The minimum atomic E-state index is -4.00. The number of hydrogen-bond donors (Lipinski definition) is 0. The first-order valence-corrected chi connectivity index (χ1v) is 10.8. The fourth-order valence-electron chi connectivity index (χ4n) is 8.35. The Morgan fingerprint density at radius 3 is 2.35 bits per heavy atom. The summed E-state index contributed by atoms with van der Waals surface area (Å²) in [5, 5.41) is 0. The molecule has 0 bridgehead atoms. The van der Waals surface area contributed by atoms with Gasteiger partial charge in [0.05, 0.1) is 5.92 Å². The third kappa shape index (κ3) is 2.54. The van der Waals surface area contributed by atoms with E-state index in [9.17, 15) is 13.2 Å². The van der Waals surface area contributed by atoms with Crippen molar-refractivity contribution >= 4 is 0 Å². The van der Waals surface area contributed by atoms with Gasteiger partial charge in [0.25, 0.3) is 0 Å². The van der Waals surface area contributed by atoms with Crippen LogP contribution in [0.1, 0.15) is 79.1 Å². The third-order valence-corrected chi connectivity index (χ3v) is 9.63. The Kier molecular flexibility index (Phi) is 4.36. The zero-order valence-electron chi connectivity index (χ0n) is 16.8. The van der Waals surface area contributed by atoms with Crippen LogP contribution in [0.2, 0.25) is 0 Å². The lowest BCUT2D eigenvalue weighted by molar-refractivity contribution is -0.207. The van der Waals surface area contributed by atoms with Gasteiger partial charge >= 0.3 is 6.18 Å². The average molecular weight is 369 g/mol. The summed E-state index contributed by atoms with van der Waals surface area (Å²) < 4.78 is 39.9. The summed E-state index contributed by atoms with van der Waals surface area (Å²) in [4.78, 5) is 0. The van der Waals surface area contributed by atoms with Crippen LogP contribution >= 0.6 is 0 Å². The lowest BCUT2D eigenvalue weighted by Gasteiger charge is -2.60. The van der Waals surface area contributed by atoms with Crippen molar-refractivity contribution in [1.29, 1.82) is 0 Å². The van der Waals surface area contributed by atoms with E-state index in [0.29, 0.717) is 30.1 Å². The van der Waals surface area contributed by atoms with Crippen molar-refractivity contribution in [1.82, 2.24) is 0 Å². The first-order chi connectivity index (χ1) is 12.1. The first-order valence-electron chi connectivity index (χ1n) is 10.8. The van der Waals surface area contributed by atoms with Gasteiger partial charge in [0.15, 0.2) is 0 Å². The Bertz CT molecular complexity index is 591. The number of hydrogen-bond acceptors (Lipinski definition) is 0. The van der Waals surface area contributed by atoms with Gasteiger partial charge in [-0.15, -0.1) is 0 Å². The highest BCUT2D eigenvalue weighted by molar-refractivity contribution is 5.26. The van der Waals surface area contributed by atoms with E-state index >= 15 is 0 Å². The molecule has 148 valence electrons. The van der Waals surface area contributed by atoms with Crippen molar-refractivity contribution < 1.29 is 13.2 Å². The summed E-state index contributed by atoms with van der Waals surface area (Å²) in [5.74, 6) is 2.05. The van der Waals surface area contributed by atoms with Crippen molar-refractivity contribution in [2.75, 3.05) is 0 Å². The molecule has 0 nitrogen and oxygen atoms in total. The zero-order valence-corrected chi connectivity index (χ0v) is 16.8. The second kappa shape index (κ2) is 6.01. The molecule has 8 atom stereocenters. The molecule has 0 amide bonds. The van der Waals surface area contributed by atoms with Gasteiger partial charge in [-0.05, 0) is 98.7 Å². The smallest absolute Gasteiger partial charge is 0.171 e. The molecule has 0 radical (unpaired) electrons. The SMILES string of the molecule is C/C=C1/[C@H](C)CC2[C@@H]3CC[C@@H]4CC(C(F)(F)F)CC[C@]4(C)C3CC[C@]12C. The highest BCUT2D eigenvalue weighted by Crippen LogP contribution is 2.68. The number of halogens is 3. The van der Waals surface area contributed by atoms with Gasteiger partial charge in [0.2, 0.25) is 0 Å². The van der Waals surface area contributed by atoms with Gasteiger partial charge in [-0.2, -0.15) is 13.2 Å². The Morgan fingerprint density at radius 2 is 1.69 bits per heavy atom. The highest BCUT2D eigenvalue weighted by Gasteiger charge is 2.61. The molecule has 0 aliphatic heterocycles. The van der Waals surface area contributed by atoms with Crippen molar-refractivity contribution in [2.24, 2.45) is 46.3 Å². The van der Waals surface area contributed by atoms with E-state index in [1.165, 1.54) is 25.7 Å². The Hall–Kier alpha value is -0.470. The van der Waals surface area contributed by atoms with Crippen LogP contribution in [0, 0.1) is 46.3 Å². The van der Waals surface area contributed by atoms with E-state index in [1.807, 2.05) is 0 Å². The molecular formula is C23H35F3. The molecule has 0 spiro atoms. The molecule has 0 saturated heterocycles. The number of alkyl halides is 3. The normalized spacial score (nSPS) is 53.1. The van der Waals surface area contributed by atoms with Gasteiger partial charge in [0, 0.05) is 0 Å². The van der Waals surface area contributed by atoms with Crippen LogP contribution in [0.3, 0.4) is 0 Å². The van der Waals surface area contributed by atoms with Crippen LogP contribution in [0.4, 0.5) is 13.2 Å². The standard InChI is InChI=1S/C23H35F3/c1-5-18-14(2)12-20-17-7-6-15-13-16(23(24,25)26)8-10-21(15,3)19(17)9-11-22(18,20)4/h5,14-17,19-20H,6-13H2,1-4H3/b18-5-/t14-,15-,16?,17-,19?,20?,21+,22-/m1/s1. The number of allylic oxidation sites excluding steroid dienone is 2. The number of rotatable bonds is 0. The maximum absolute atomic E-state index is 13.3. The lowest BCUT2D eigenvalue weighted by atomic mass is 9.44. The van der Waals surface area contributed by atoms with Crippen LogP contribution in [0.25, 0.3) is 0 Å². The summed E-state index contributed by atoms with van der Waals surface area (Å²) in [5.41, 5.74) is 2.16. The van der Waals surface area contributed by atoms with Gasteiger partial charge in [-0.25, -0.2) is 0 Å². The summed E-state index contributed by atoms with van der Waals surface area (Å²) >= 11 is 0. The molecule has 3 unspecified atom stereocenters. The fourth-order valence-corrected chi connectivity index (χ4v) is 8.35. The molecule has 26 heavy (non-hydrogen) atoms. The van der Waals surface area contributed by atoms with Gasteiger partial charge in [-0.1, -0.05) is 32.4 Å². The van der Waals surface area contributed by atoms with Crippen LogP contribution in [-0.4, -0.2) is 6.18 Å². The van der Waals surface area contributed by atoms with Gasteiger partial charge < -0.3 is 0 Å². The largest absolute Gasteiger partial charge is 0.391 e. The van der Waals surface area contributed by atoms with Crippen LogP contribution < -0.4 is 0 Å². The van der Waals surface area contributed by atoms with Crippen molar-refractivity contribution in [3.05, 3.63) is 11.6 Å². The molecule has 3 heteroatoms. The minimum Gasteiger partial charge on any atom is -0.171 e. The monoisotopic (exact) mass is 368 g/mol. The highest BCUT2D eigenvalue weighted by atomic mass is 19.4. The summed E-state index contributed by atoms with van der Waals surface area (Å²) in [7, 11) is 0. The van der Waals surface area contributed by atoms with E-state index in [2.05, 4.69) is 33.8 Å². The maximum Gasteiger partial charge on any atom is 0.391 e. The summed E-state index contributed by atoms with van der Waals surface area (Å²) in [6, 6.07) is 0. The fraction of sp³-hybridized carbons (Fsp3) is 0.913. The molecule has 0 aromatic heterocycles. The number of fused-ring (bicyclic) bond motifs is 5. The summed E-state index contributed by atoms with van der Waals surface area (Å²) in [6.07, 6.45) is 5.87. The van der Waals surface area contributed by atoms with Crippen molar-refractivity contribution in [3.8, 4) is 0 Å². The van der Waals surface area contributed by atoms with E-state index in [0.717, 1.165) is 24.7 Å². The molecule has 0 heterocycles. The van der Waals surface area contributed by atoms with E-state index in [4.69, 9.17) is 0 Å². The summed E-state index contributed by atoms with van der Waals surface area (Å²) in [6.45, 7) is 9.43. The predicted molar refractivity (Wildman–Crippen MR) is 99.6 cm³/mol. The van der Waals surface area contributed by atoms with E-state index < -0.39 is 12.1 Å². The molecule has 0 aromatic carbocycles. The maximum atomic E-state index is 13.3. The topological polar surface area (TPSA) is 0 Å². The van der Waals surface area contributed by atoms with Gasteiger partial charge in [-0.3, -0.25) is 0 Å². The average Bonchev–Trinajstić information content (AvgIpc) is 2.82. The minimum absolute atomic E-state index is 0.147. The molecular weight excluding hydrogens is 333 g/mol. The molecule has 0 aromatic rings. The van der Waals surface area contributed by atoms with Crippen LogP contribution in [0.5, 0.6) is 0 Å². The van der Waals surface area contributed by atoms with E-state index in [-0.39, 0.29) is 11.3 Å². The molecule has 4 aliphatic carbocycles. The van der Waals surface area contributed by atoms with Gasteiger partial charge in [0.1, 0.15) is 0 Å². The quantitative estimate of drug-likeness (QED) is 0.391. The van der Waals surface area contributed by atoms with Crippen molar-refractivity contribution in [2.45, 2.75) is 85.2 Å². The van der Waals surface area contributed by atoms with E-state index in [1.54, 1.807) is 5.57 Å². The first kappa shape index (κ1) is 18.9. The third-order valence-electron chi connectivity index (χ3n) is 9.63. The predicted octanol–water partition coefficient (Wildman–Crippen LogP) is 7.40. The Morgan fingerprint density at radius 1 is 0.962 bits per heavy atom. The molecule has 4 saturated carbocycles. The molecule has 4 rings (SSSR count). The Balaban J connectivity index is 1.59. The molecule has 4 fully saturated rings. The second-order valence-electron chi connectivity index (χ2n) is 10.5. The van der Waals surface area contributed by atoms with Crippen LogP contribution in [0.15, 0.2) is 11.6 Å². The molecule has 4 aliphatic rings. The van der Waals surface area contributed by atoms with Crippen molar-refractivity contribution in [3.63, 3.8) is 0 Å². The Labute approximate surface area is 157 Å². The lowest BCUT2D eigenvalue weighted by Crippen LogP contribution is -2.53. The molecule has 0 N–H and O–H groups in total. The zero-order chi connectivity index (χ0) is 18.9. The second-order valence-corrected chi connectivity index (χ2v) is 10.5. The van der Waals surface area contributed by atoms with Crippen LogP contribution in [-0.2, 0) is 0 Å².